The first-order chi connectivity index (χ1) is 12.3. The highest BCUT2D eigenvalue weighted by molar-refractivity contribution is 7.91. The summed E-state index contributed by atoms with van der Waals surface area (Å²) >= 11 is 0. The summed E-state index contributed by atoms with van der Waals surface area (Å²) in [5, 5.41) is 0. The van der Waals surface area contributed by atoms with E-state index in [-0.39, 0.29) is 15.9 Å². The van der Waals surface area contributed by atoms with E-state index >= 15 is 0 Å². The second-order valence-corrected chi connectivity index (χ2v) is 8.91. The van der Waals surface area contributed by atoms with E-state index < -0.39 is 15.7 Å². The zero-order chi connectivity index (χ0) is 18.9. The Kier molecular flexibility index (Phi) is 5.34. The van der Waals surface area contributed by atoms with Crippen molar-refractivity contribution in [2.24, 2.45) is 0 Å². The fourth-order valence-electron chi connectivity index (χ4n) is 3.14. The average Bonchev–Trinajstić information content (AvgIpc) is 2.76. The van der Waals surface area contributed by atoms with Crippen LogP contribution in [0, 0.1) is 5.82 Å². The van der Waals surface area contributed by atoms with Gasteiger partial charge in [0, 0.05) is 13.1 Å². The zero-order valence-corrected chi connectivity index (χ0v) is 16.1. The molecule has 26 heavy (non-hydrogen) atoms. The van der Waals surface area contributed by atoms with Crippen molar-refractivity contribution in [2.45, 2.75) is 42.6 Å². The van der Waals surface area contributed by atoms with E-state index in [1.807, 2.05) is 19.9 Å². The minimum Gasteiger partial charge on any atom is -0.490 e. The molecule has 2 aromatic rings. The monoisotopic (exact) mass is 377 g/mol. The number of fused-ring (bicyclic) bond motifs is 1. The Morgan fingerprint density at radius 1 is 1.04 bits per heavy atom. The lowest BCUT2D eigenvalue weighted by Gasteiger charge is -2.18. The molecule has 4 nitrogen and oxygen atoms in total. The second-order valence-electron chi connectivity index (χ2n) is 6.99. The summed E-state index contributed by atoms with van der Waals surface area (Å²) in [5.41, 5.74) is 2.16. The van der Waals surface area contributed by atoms with Gasteiger partial charge in [0.1, 0.15) is 16.5 Å². The molecule has 0 aromatic heterocycles. The Morgan fingerprint density at radius 2 is 1.62 bits per heavy atom. The molecule has 0 amide bonds. The Balaban J connectivity index is 2.13. The van der Waals surface area contributed by atoms with E-state index in [2.05, 4.69) is 11.9 Å². The van der Waals surface area contributed by atoms with Crippen LogP contribution in [0.15, 0.2) is 46.2 Å². The number of ether oxygens (including phenoxy) is 1. The standard InChI is InChI=1S/C20H24FNO3S/c1-14(2)25-19-12-15-8-10-22(3)11-9-16(15)13-20(19)26(23,24)18-6-4-17(21)5-7-18/h4-7,12-14H,8-11H2,1-3H3. The summed E-state index contributed by atoms with van der Waals surface area (Å²) in [6, 6.07) is 8.52. The van der Waals surface area contributed by atoms with Gasteiger partial charge in [0.15, 0.2) is 0 Å². The lowest BCUT2D eigenvalue weighted by molar-refractivity contribution is 0.235. The van der Waals surface area contributed by atoms with E-state index in [4.69, 9.17) is 4.74 Å². The third kappa shape index (κ3) is 3.91. The summed E-state index contributed by atoms with van der Waals surface area (Å²) in [4.78, 5) is 2.45. The molecule has 1 heterocycles. The Morgan fingerprint density at radius 3 is 2.19 bits per heavy atom. The first-order valence-corrected chi connectivity index (χ1v) is 10.3. The van der Waals surface area contributed by atoms with Gasteiger partial charge in [-0.25, -0.2) is 12.8 Å². The predicted molar refractivity (Wildman–Crippen MR) is 99.0 cm³/mol. The number of rotatable bonds is 4. The Bertz CT molecular complexity index is 892. The maximum Gasteiger partial charge on any atom is 0.210 e. The number of halogens is 1. The van der Waals surface area contributed by atoms with Crippen molar-refractivity contribution in [3.63, 3.8) is 0 Å². The van der Waals surface area contributed by atoms with Crippen molar-refractivity contribution in [1.82, 2.24) is 4.90 Å². The molecule has 0 atom stereocenters. The highest BCUT2D eigenvalue weighted by Gasteiger charge is 2.26. The summed E-state index contributed by atoms with van der Waals surface area (Å²) in [5.74, 6) is -0.0970. The van der Waals surface area contributed by atoms with Gasteiger partial charge >= 0.3 is 0 Å². The van der Waals surface area contributed by atoms with Gasteiger partial charge in [0.05, 0.1) is 11.0 Å². The van der Waals surface area contributed by atoms with Gasteiger partial charge in [-0.05, 0) is 81.3 Å². The zero-order valence-electron chi connectivity index (χ0n) is 15.3. The molecule has 0 bridgehead atoms. The van der Waals surface area contributed by atoms with Gasteiger partial charge in [-0.1, -0.05) is 0 Å². The van der Waals surface area contributed by atoms with E-state index in [0.29, 0.717) is 5.75 Å². The van der Waals surface area contributed by atoms with Gasteiger partial charge < -0.3 is 9.64 Å². The van der Waals surface area contributed by atoms with Crippen LogP contribution in [-0.4, -0.2) is 39.6 Å². The molecule has 0 saturated heterocycles. The fourth-order valence-corrected chi connectivity index (χ4v) is 4.56. The van der Waals surface area contributed by atoms with E-state index in [1.54, 1.807) is 6.07 Å². The van der Waals surface area contributed by atoms with Crippen molar-refractivity contribution in [3.05, 3.63) is 53.3 Å². The molecule has 0 unspecified atom stereocenters. The van der Waals surface area contributed by atoms with Gasteiger partial charge in [-0.15, -0.1) is 0 Å². The average molecular weight is 377 g/mol. The van der Waals surface area contributed by atoms with Crippen LogP contribution in [0.1, 0.15) is 25.0 Å². The summed E-state index contributed by atoms with van der Waals surface area (Å²) in [6.45, 7) is 5.55. The molecular formula is C20H24FNO3S. The minimum atomic E-state index is -3.80. The Labute approximate surface area is 154 Å². The van der Waals surface area contributed by atoms with Crippen molar-refractivity contribution in [1.29, 1.82) is 0 Å². The van der Waals surface area contributed by atoms with Gasteiger partial charge in [-0.2, -0.15) is 0 Å². The van der Waals surface area contributed by atoms with Crippen LogP contribution in [0.3, 0.4) is 0 Å². The number of sulfone groups is 1. The number of benzene rings is 2. The van der Waals surface area contributed by atoms with E-state index in [9.17, 15) is 12.8 Å². The van der Waals surface area contributed by atoms with E-state index in [0.717, 1.165) is 49.2 Å². The third-order valence-corrected chi connectivity index (χ3v) is 6.36. The van der Waals surface area contributed by atoms with Crippen molar-refractivity contribution in [3.8, 4) is 5.75 Å². The lowest BCUT2D eigenvalue weighted by atomic mass is 10.0. The van der Waals surface area contributed by atoms with Gasteiger partial charge in [0.25, 0.3) is 0 Å². The lowest BCUT2D eigenvalue weighted by Crippen LogP contribution is -2.20. The predicted octanol–water partition coefficient (Wildman–Crippen LogP) is 3.48. The van der Waals surface area contributed by atoms with Gasteiger partial charge in [-0.3, -0.25) is 0 Å². The van der Waals surface area contributed by atoms with Crippen LogP contribution in [0.5, 0.6) is 5.75 Å². The summed E-state index contributed by atoms with van der Waals surface area (Å²) < 4.78 is 45.4. The second kappa shape index (κ2) is 7.37. The maximum absolute atomic E-state index is 13.2. The quantitative estimate of drug-likeness (QED) is 0.766. The molecule has 0 spiro atoms. The largest absolute Gasteiger partial charge is 0.490 e. The smallest absolute Gasteiger partial charge is 0.210 e. The SMILES string of the molecule is CC(C)Oc1cc2c(cc1S(=O)(=O)c1ccc(F)cc1)CCN(C)CC2. The fraction of sp³-hybridized carbons (Fsp3) is 0.400. The molecule has 3 rings (SSSR count). The van der Waals surface area contributed by atoms with Crippen molar-refractivity contribution < 1.29 is 17.5 Å². The van der Waals surface area contributed by atoms with Crippen LogP contribution in [0.2, 0.25) is 0 Å². The molecule has 0 saturated carbocycles. The number of likely N-dealkylation sites (N-methyl/N-ethyl adjacent to an activating group) is 1. The third-order valence-electron chi connectivity index (χ3n) is 4.57. The summed E-state index contributed by atoms with van der Waals surface area (Å²) in [6.07, 6.45) is 1.50. The molecule has 1 aliphatic rings. The van der Waals surface area contributed by atoms with Crippen LogP contribution in [0.25, 0.3) is 0 Å². The number of nitrogens with zero attached hydrogens (tertiary/aromatic N) is 1. The molecule has 0 radical (unpaired) electrons. The van der Waals surface area contributed by atoms with Crippen LogP contribution in [-0.2, 0) is 22.7 Å². The maximum atomic E-state index is 13.2. The van der Waals surface area contributed by atoms with Crippen molar-refractivity contribution in [2.75, 3.05) is 20.1 Å². The first-order valence-electron chi connectivity index (χ1n) is 8.79. The molecule has 0 aliphatic carbocycles. The van der Waals surface area contributed by atoms with E-state index in [1.165, 1.54) is 12.1 Å². The number of hydrogen-bond acceptors (Lipinski definition) is 4. The minimum absolute atomic E-state index is 0.0678. The molecule has 2 aromatic carbocycles. The molecule has 6 heteroatoms. The van der Waals surface area contributed by atoms with Crippen LogP contribution >= 0.6 is 0 Å². The highest BCUT2D eigenvalue weighted by Crippen LogP contribution is 2.34. The van der Waals surface area contributed by atoms with Crippen LogP contribution in [0.4, 0.5) is 4.39 Å². The molecular weight excluding hydrogens is 353 g/mol. The topological polar surface area (TPSA) is 46.6 Å². The highest BCUT2D eigenvalue weighted by atomic mass is 32.2. The normalized spacial score (nSPS) is 15.6. The molecule has 140 valence electrons. The molecule has 0 N–H and O–H groups in total. The van der Waals surface area contributed by atoms with Gasteiger partial charge in [0.2, 0.25) is 9.84 Å². The van der Waals surface area contributed by atoms with Crippen LogP contribution < -0.4 is 4.74 Å². The first kappa shape index (κ1) is 18.9. The van der Waals surface area contributed by atoms with Crippen molar-refractivity contribution >= 4 is 9.84 Å². The molecule has 1 aliphatic heterocycles. The number of hydrogen-bond donors (Lipinski definition) is 0. The summed E-state index contributed by atoms with van der Waals surface area (Å²) in [7, 11) is -1.73. The molecule has 0 fully saturated rings. The Hall–Kier alpha value is -1.92.